The second kappa shape index (κ2) is 6.30. The van der Waals surface area contributed by atoms with Crippen molar-refractivity contribution in [2.45, 2.75) is 13.5 Å². The zero-order chi connectivity index (χ0) is 16.4. The third-order valence-electron chi connectivity index (χ3n) is 3.50. The van der Waals surface area contributed by atoms with Crippen LogP contribution < -0.4 is 0 Å². The first kappa shape index (κ1) is 15.4. The molecule has 23 heavy (non-hydrogen) atoms. The van der Waals surface area contributed by atoms with Gasteiger partial charge >= 0.3 is 0 Å². The third-order valence-corrected chi connectivity index (χ3v) is 4.41. The largest absolute Gasteiger partial charge is 0.508 e. The first-order chi connectivity index (χ1) is 11.0. The molecule has 1 fully saturated rings. The van der Waals surface area contributed by atoms with Crippen molar-refractivity contribution >= 4 is 29.0 Å². The molecule has 2 aromatic rings. The molecule has 1 saturated heterocycles. The summed E-state index contributed by atoms with van der Waals surface area (Å²) in [6.45, 7) is 2.25. The van der Waals surface area contributed by atoms with Crippen LogP contribution >= 0.6 is 11.8 Å². The molecule has 1 aliphatic heterocycles. The van der Waals surface area contributed by atoms with Crippen LogP contribution in [0, 0.1) is 6.92 Å². The standard InChI is InChI=1S/C18H15NO3S/c1-12-5-7-13(8-6-12)11-19-17(21)16(23-18(19)22)10-14-3-2-4-15(20)9-14/h2-10,20H,11H2,1H3/b16-10+. The summed E-state index contributed by atoms with van der Waals surface area (Å²) in [6, 6.07) is 14.3. The maximum absolute atomic E-state index is 12.4. The third kappa shape index (κ3) is 3.46. The molecular formula is C18H15NO3S. The lowest BCUT2D eigenvalue weighted by atomic mass is 10.1. The molecule has 0 aromatic heterocycles. The Hall–Kier alpha value is -2.53. The average molecular weight is 325 g/mol. The van der Waals surface area contributed by atoms with Gasteiger partial charge in [0.25, 0.3) is 11.1 Å². The number of nitrogens with zero attached hydrogens (tertiary/aromatic N) is 1. The molecule has 2 aromatic carbocycles. The first-order valence-corrected chi connectivity index (χ1v) is 7.94. The van der Waals surface area contributed by atoms with Gasteiger partial charge in [-0.2, -0.15) is 0 Å². The molecule has 0 aliphatic carbocycles. The minimum Gasteiger partial charge on any atom is -0.508 e. The van der Waals surface area contributed by atoms with E-state index in [0.29, 0.717) is 10.5 Å². The van der Waals surface area contributed by atoms with Crippen molar-refractivity contribution in [3.8, 4) is 5.75 Å². The van der Waals surface area contributed by atoms with E-state index in [1.54, 1.807) is 30.3 Å². The van der Waals surface area contributed by atoms with Crippen molar-refractivity contribution in [1.29, 1.82) is 0 Å². The molecule has 4 nitrogen and oxygen atoms in total. The smallest absolute Gasteiger partial charge is 0.293 e. The van der Waals surface area contributed by atoms with E-state index in [4.69, 9.17) is 0 Å². The zero-order valence-corrected chi connectivity index (χ0v) is 13.3. The molecule has 0 unspecified atom stereocenters. The van der Waals surface area contributed by atoms with Gasteiger partial charge in [0, 0.05) is 0 Å². The van der Waals surface area contributed by atoms with Gasteiger partial charge in [-0.05, 0) is 48.0 Å². The van der Waals surface area contributed by atoms with Crippen molar-refractivity contribution in [2.24, 2.45) is 0 Å². The fourth-order valence-corrected chi connectivity index (χ4v) is 3.12. The second-order valence-corrected chi connectivity index (χ2v) is 6.34. The lowest BCUT2D eigenvalue weighted by Crippen LogP contribution is -2.27. The van der Waals surface area contributed by atoms with Crippen LogP contribution in [0.15, 0.2) is 53.4 Å². The topological polar surface area (TPSA) is 57.6 Å². The number of amides is 2. The van der Waals surface area contributed by atoms with Gasteiger partial charge in [0.1, 0.15) is 5.75 Å². The summed E-state index contributed by atoms with van der Waals surface area (Å²) in [5.74, 6) is -0.179. The number of carbonyl (C=O) groups is 2. The molecule has 1 heterocycles. The Labute approximate surface area is 138 Å². The van der Waals surface area contributed by atoms with Crippen molar-refractivity contribution in [2.75, 3.05) is 0 Å². The summed E-state index contributed by atoms with van der Waals surface area (Å²) in [7, 11) is 0. The van der Waals surface area contributed by atoms with Gasteiger partial charge in [-0.3, -0.25) is 14.5 Å². The van der Waals surface area contributed by atoms with Gasteiger partial charge < -0.3 is 5.11 Å². The monoisotopic (exact) mass is 325 g/mol. The summed E-state index contributed by atoms with van der Waals surface area (Å²) in [4.78, 5) is 26.1. The highest BCUT2D eigenvalue weighted by molar-refractivity contribution is 8.18. The predicted octanol–water partition coefficient (Wildman–Crippen LogP) is 3.94. The zero-order valence-electron chi connectivity index (χ0n) is 12.5. The summed E-state index contributed by atoms with van der Waals surface area (Å²) in [5.41, 5.74) is 2.73. The van der Waals surface area contributed by atoms with E-state index in [0.717, 1.165) is 22.9 Å². The van der Waals surface area contributed by atoms with E-state index in [2.05, 4.69) is 0 Å². The van der Waals surface area contributed by atoms with E-state index in [-0.39, 0.29) is 23.4 Å². The minimum atomic E-state index is -0.302. The first-order valence-electron chi connectivity index (χ1n) is 7.13. The molecule has 0 radical (unpaired) electrons. The van der Waals surface area contributed by atoms with Gasteiger partial charge in [-0.15, -0.1) is 0 Å². The van der Waals surface area contributed by atoms with Gasteiger partial charge in [0.15, 0.2) is 0 Å². The number of rotatable bonds is 3. The minimum absolute atomic E-state index is 0.123. The average Bonchev–Trinajstić information content (AvgIpc) is 2.77. The number of hydrogen-bond donors (Lipinski definition) is 1. The number of carbonyl (C=O) groups excluding carboxylic acids is 2. The van der Waals surface area contributed by atoms with E-state index >= 15 is 0 Å². The number of imide groups is 1. The Bertz CT molecular complexity index is 796. The Balaban J connectivity index is 1.81. The molecule has 116 valence electrons. The maximum Gasteiger partial charge on any atom is 0.293 e. The summed E-state index contributed by atoms with van der Waals surface area (Å²) >= 11 is 0.922. The van der Waals surface area contributed by atoms with E-state index in [9.17, 15) is 14.7 Å². The van der Waals surface area contributed by atoms with Gasteiger partial charge in [-0.1, -0.05) is 42.0 Å². The SMILES string of the molecule is Cc1ccc(CN2C(=O)S/C(=C/c3cccc(O)c3)C2=O)cc1. The van der Waals surface area contributed by atoms with Crippen LogP contribution in [0.3, 0.4) is 0 Å². The van der Waals surface area contributed by atoms with Crippen LogP contribution in [0.5, 0.6) is 5.75 Å². The Morgan fingerprint density at radius 2 is 1.87 bits per heavy atom. The number of aryl methyl sites for hydroxylation is 1. The number of phenolic OH excluding ortho intramolecular Hbond substituents is 1. The quantitative estimate of drug-likeness (QED) is 0.869. The maximum atomic E-state index is 12.4. The summed E-state index contributed by atoms with van der Waals surface area (Å²) in [5, 5.41) is 9.20. The summed E-state index contributed by atoms with van der Waals surface area (Å²) < 4.78 is 0. The van der Waals surface area contributed by atoms with Crippen LogP contribution in [-0.4, -0.2) is 21.2 Å². The van der Waals surface area contributed by atoms with Crippen molar-refractivity contribution < 1.29 is 14.7 Å². The number of hydrogen-bond acceptors (Lipinski definition) is 4. The van der Waals surface area contributed by atoms with E-state index < -0.39 is 0 Å². The van der Waals surface area contributed by atoms with Crippen LogP contribution in [-0.2, 0) is 11.3 Å². The van der Waals surface area contributed by atoms with Gasteiger partial charge in [-0.25, -0.2) is 0 Å². The number of aromatic hydroxyl groups is 1. The molecular weight excluding hydrogens is 310 g/mol. The lowest BCUT2D eigenvalue weighted by Gasteiger charge is -2.12. The molecule has 2 amide bonds. The highest BCUT2D eigenvalue weighted by Gasteiger charge is 2.34. The van der Waals surface area contributed by atoms with Crippen molar-refractivity contribution in [3.05, 3.63) is 70.1 Å². The van der Waals surface area contributed by atoms with Crippen LogP contribution in [0.2, 0.25) is 0 Å². The van der Waals surface area contributed by atoms with Gasteiger partial charge in [0.05, 0.1) is 11.4 Å². The molecule has 3 rings (SSSR count). The molecule has 0 atom stereocenters. The van der Waals surface area contributed by atoms with Crippen LogP contribution in [0.1, 0.15) is 16.7 Å². The number of thioether (sulfide) groups is 1. The molecule has 0 saturated carbocycles. The van der Waals surface area contributed by atoms with E-state index in [1.165, 1.54) is 4.90 Å². The van der Waals surface area contributed by atoms with Crippen molar-refractivity contribution in [1.82, 2.24) is 4.90 Å². The lowest BCUT2D eigenvalue weighted by molar-refractivity contribution is -0.123. The molecule has 5 heteroatoms. The Morgan fingerprint density at radius 1 is 1.13 bits per heavy atom. The normalized spacial score (nSPS) is 16.4. The Morgan fingerprint density at radius 3 is 2.57 bits per heavy atom. The summed E-state index contributed by atoms with van der Waals surface area (Å²) in [6.07, 6.45) is 1.62. The number of benzene rings is 2. The van der Waals surface area contributed by atoms with Crippen molar-refractivity contribution in [3.63, 3.8) is 0 Å². The highest BCUT2D eigenvalue weighted by Crippen LogP contribution is 2.33. The molecule has 1 N–H and O–H groups in total. The predicted molar refractivity (Wildman–Crippen MR) is 90.8 cm³/mol. The van der Waals surface area contributed by atoms with Crippen LogP contribution in [0.4, 0.5) is 4.79 Å². The fourth-order valence-electron chi connectivity index (χ4n) is 2.28. The highest BCUT2D eigenvalue weighted by atomic mass is 32.2. The fraction of sp³-hybridized carbons (Fsp3) is 0.111. The molecule has 0 bridgehead atoms. The van der Waals surface area contributed by atoms with E-state index in [1.807, 2.05) is 31.2 Å². The Kier molecular flexibility index (Phi) is 4.21. The molecule has 0 spiro atoms. The number of phenols is 1. The van der Waals surface area contributed by atoms with Gasteiger partial charge in [0.2, 0.25) is 0 Å². The molecule has 1 aliphatic rings. The van der Waals surface area contributed by atoms with Crippen LogP contribution in [0.25, 0.3) is 6.08 Å². The second-order valence-electron chi connectivity index (χ2n) is 5.35.